The van der Waals surface area contributed by atoms with Crippen molar-refractivity contribution in [2.45, 2.75) is 50.1 Å². The second-order valence-corrected chi connectivity index (χ2v) is 10.2. The lowest BCUT2D eigenvalue weighted by atomic mass is 9.76. The Kier molecular flexibility index (Phi) is 6.01. The Labute approximate surface area is 213 Å². The van der Waals surface area contributed by atoms with Crippen molar-refractivity contribution in [1.29, 1.82) is 0 Å². The summed E-state index contributed by atoms with van der Waals surface area (Å²) < 4.78 is 47.3. The number of ketones is 1. The van der Waals surface area contributed by atoms with Crippen LogP contribution in [0.25, 0.3) is 11.1 Å². The topological polar surface area (TPSA) is 46.6 Å². The number of hydrogen-bond donors (Lipinski definition) is 0. The summed E-state index contributed by atoms with van der Waals surface area (Å²) in [6.45, 7) is 0.214. The van der Waals surface area contributed by atoms with E-state index < -0.39 is 40.8 Å². The van der Waals surface area contributed by atoms with Crippen molar-refractivity contribution in [3.8, 4) is 11.1 Å². The number of hydrogen-bond acceptors (Lipinski definition) is 3. The monoisotopic (exact) mass is 505 g/mol. The molecular weight excluding hydrogens is 479 g/mol. The van der Waals surface area contributed by atoms with E-state index in [0.717, 1.165) is 28.7 Å². The molecule has 0 N–H and O–H groups in total. The van der Waals surface area contributed by atoms with E-state index in [2.05, 4.69) is 24.3 Å². The molecule has 2 atom stereocenters. The number of amides is 1. The van der Waals surface area contributed by atoms with E-state index >= 15 is 0 Å². The minimum atomic E-state index is -1.32. The van der Waals surface area contributed by atoms with Crippen molar-refractivity contribution < 1.29 is 27.5 Å². The SMILES string of the molecule is O=C(c1cc(F)c(F)cc1F)C1CC2CCCC(C1)N2C(=O)OCC1c2ccccc2-c2ccccc21. The molecule has 2 heterocycles. The van der Waals surface area contributed by atoms with E-state index in [1.54, 1.807) is 4.90 Å². The van der Waals surface area contributed by atoms with Gasteiger partial charge in [0, 0.05) is 30.0 Å². The van der Waals surface area contributed by atoms with Gasteiger partial charge >= 0.3 is 6.09 Å². The van der Waals surface area contributed by atoms with Crippen molar-refractivity contribution in [2.75, 3.05) is 6.61 Å². The van der Waals surface area contributed by atoms with Crippen LogP contribution in [0.2, 0.25) is 0 Å². The normalized spacial score (nSPS) is 22.4. The lowest BCUT2D eigenvalue weighted by Crippen LogP contribution is -2.56. The molecule has 0 aromatic heterocycles. The number of ether oxygens (including phenoxy) is 1. The number of piperidine rings is 2. The van der Waals surface area contributed by atoms with Gasteiger partial charge in [0.05, 0.1) is 5.56 Å². The quantitative estimate of drug-likeness (QED) is 0.287. The summed E-state index contributed by atoms with van der Waals surface area (Å²) >= 11 is 0. The Morgan fingerprint density at radius 3 is 2.00 bits per heavy atom. The molecule has 37 heavy (non-hydrogen) atoms. The van der Waals surface area contributed by atoms with Crippen LogP contribution in [0, 0.1) is 23.4 Å². The standard InChI is InChI=1S/C30H26F3NO3/c31-26-15-28(33)27(32)14-24(26)29(35)17-12-18-6-5-7-19(13-17)34(18)30(36)37-16-25-22-10-3-1-8-20(22)21-9-2-4-11-23(21)25/h1-4,8-11,14-15,17-19,25H,5-7,12-13,16H2. The van der Waals surface area contributed by atoms with E-state index in [-0.39, 0.29) is 24.6 Å². The maximum Gasteiger partial charge on any atom is 0.410 e. The first-order valence-electron chi connectivity index (χ1n) is 12.7. The van der Waals surface area contributed by atoms with Gasteiger partial charge in [0.25, 0.3) is 0 Å². The molecule has 0 saturated carbocycles. The molecule has 3 aromatic carbocycles. The highest BCUT2D eigenvalue weighted by atomic mass is 19.2. The Bertz CT molecular complexity index is 1330. The van der Waals surface area contributed by atoms with E-state index in [1.165, 1.54) is 0 Å². The second-order valence-electron chi connectivity index (χ2n) is 10.2. The molecule has 3 aliphatic rings. The molecule has 2 fully saturated rings. The smallest absolute Gasteiger partial charge is 0.410 e. The van der Waals surface area contributed by atoms with Gasteiger partial charge < -0.3 is 9.64 Å². The fourth-order valence-corrected chi connectivity index (χ4v) is 6.49. The maximum absolute atomic E-state index is 14.3. The molecule has 2 unspecified atom stereocenters. The number of halogens is 3. The number of nitrogens with zero attached hydrogens (tertiary/aromatic N) is 1. The van der Waals surface area contributed by atoms with Gasteiger partial charge in [-0.3, -0.25) is 4.79 Å². The number of Topliss-reactive ketones (excluding diaryl/α,β-unsaturated/α-hetero) is 1. The molecule has 7 heteroatoms. The average molecular weight is 506 g/mol. The van der Waals surface area contributed by atoms with Crippen molar-refractivity contribution in [3.05, 3.63) is 94.8 Å². The summed E-state index contributed by atoms with van der Waals surface area (Å²) in [6, 6.07) is 16.9. The zero-order valence-corrected chi connectivity index (χ0v) is 20.1. The van der Waals surface area contributed by atoms with Crippen LogP contribution in [0.4, 0.5) is 18.0 Å². The molecule has 190 valence electrons. The third-order valence-corrected chi connectivity index (χ3v) is 8.17. The molecule has 3 aromatic rings. The van der Waals surface area contributed by atoms with Crippen LogP contribution in [-0.4, -0.2) is 35.5 Å². The molecule has 6 rings (SSSR count). The van der Waals surface area contributed by atoms with Gasteiger partial charge in [0.15, 0.2) is 17.4 Å². The lowest BCUT2D eigenvalue weighted by Gasteiger charge is -2.47. The van der Waals surface area contributed by atoms with Gasteiger partial charge in [-0.05, 0) is 60.4 Å². The van der Waals surface area contributed by atoms with Gasteiger partial charge in [-0.15, -0.1) is 0 Å². The summed E-state index contributed by atoms with van der Waals surface area (Å²) in [7, 11) is 0. The molecule has 1 amide bonds. The van der Waals surface area contributed by atoms with Gasteiger partial charge in [-0.2, -0.15) is 0 Å². The highest BCUT2D eigenvalue weighted by molar-refractivity contribution is 5.98. The van der Waals surface area contributed by atoms with Crippen molar-refractivity contribution in [1.82, 2.24) is 4.90 Å². The summed E-state index contributed by atoms with van der Waals surface area (Å²) in [5.41, 5.74) is 4.14. The van der Waals surface area contributed by atoms with Gasteiger partial charge in [0.2, 0.25) is 0 Å². The maximum atomic E-state index is 14.3. The van der Waals surface area contributed by atoms with Crippen molar-refractivity contribution >= 4 is 11.9 Å². The zero-order valence-electron chi connectivity index (χ0n) is 20.1. The fraction of sp³-hybridized carbons (Fsp3) is 0.333. The third-order valence-electron chi connectivity index (χ3n) is 8.17. The van der Waals surface area contributed by atoms with E-state index in [9.17, 15) is 22.8 Å². The molecule has 2 saturated heterocycles. The summed E-state index contributed by atoms with van der Waals surface area (Å²) in [5.74, 6) is -4.79. The van der Waals surface area contributed by atoms with Crippen LogP contribution in [0.1, 0.15) is 59.5 Å². The first kappa shape index (κ1) is 23.8. The summed E-state index contributed by atoms with van der Waals surface area (Å²) in [5, 5.41) is 0. The molecule has 2 aliphatic heterocycles. The molecule has 4 nitrogen and oxygen atoms in total. The third kappa shape index (κ3) is 4.10. The highest BCUT2D eigenvalue weighted by Crippen LogP contribution is 2.45. The van der Waals surface area contributed by atoms with Crippen molar-refractivity contribution in [2.24, 2.45) is 5.92 Å². The van der Waals surface area contributed by atoms with Crippen molar-refractivity contribution in [3.63, 3.8) is 0 Å². The lowest BCUT2D eigenvalue weighted by molar-refractivity contribution is 0.00641. The Morgan fingerprint density at radius 2 is 1.38 bits per heavy atom. The van der Waals surface area contributed by atoms with E-state index in [4.69, 9.17) is 4.74 Å². The van der Waals surface area contributed by atoms with E-state index in [1.807, 2.05) is 24.3 Å². The van der Waals surface area contributed by atoms with Crippen LogP contribution < -0.4 is 0 Å². The highest BCUT2D eigenvalue weighted by Gasteiger charge is 2.44. The van der Waals surface area contributed by atoms with Crippen LogP contribution in [0.15, 0.2) is 60.7 Å². The van der Waals surface area contributed by atoms with Gasteiger partial charge in [-0.25, -0.2) is 18.0 Å². The Balaban J connectivity index is 1.17. The van der Waals surface area contributed by atoms with Gasteiger partial charge in [-0.1, -0.05) is 48.5 Å². The Hall–Kier alpha value is -3.61. The van der Waals surface area contributed by atoms with Crippen LogP contribution >= 0.6 is 0 Å². The number of fused-ring (bicyclic) bond motifs is 5. The summed E-state index contributed by atoms with van der Waals surface area (Å²) in [4.78, 5) is 28.2. The zero-order chi connectivity index (χ0) is 25.7. The molecule has 1 aliphatic carbocycles. The van der Waals surface area contributed by atoms with Crippen LogP contribution in [-0.2, 0) is 4.74 Å². The second kappa shape index (κ2) is 9.36. The van der Waals surface area contributed by atoms with Crippen LogP contribution in [0.5, 0.6) is 0 Å². The minimum Gasteiger partial charge on any atom is -0.448 e. The largest absolute Gasteiger partial charge is 0.448 e. The van der Waals surface area contributed by atoms with Crippen LogP contribution in [0.3, 0.4) is 0 Å². The molecule has 2 bridgehead atoms. The predicted molar refractivity (Wildman–Crippen MR) is 132 cm³/mol. The van der Waals surface area contributed by atoms with E-state index in [0.29, 0.717) is 37.8 Å². The molecule has 0 radical (unpaired) electrons. The number of benzene rings is 3. The number of rotatable bonds is 4. The first-order chi connectivity index (χ1) is 17.9. The molecular formula is C30H26F3NO3. The average Bonchev–Trinajstić information content (AvgIpc) is 3.22. The minimum absolute atomic E-state index is 0.0494. The first-order valence-corrected chi connectivity index (χ1v) is 12.7. The predicted octanol–water partition coefficient (Wildman–Crippen LogP) is 6.87. The fourth-order valence-electron chi connectivity index (χ4n) is 6.49. The number of carbonyl (C=O) groups is 2. The van der Waals surface area contributed by atoms with Gasteiger partial charge in [0.1, 0.15) is 12.4 Å². The summed E-state index contributed by atoms with van der Waals surface area (Å²) in [6.07, 6.45) is 2.63. The Morgan fingerprint density at radius 1 is 0.811 bits per heavy atom. The molecule has 0 spiro atoms. The number of carbonyl (C=O) groups excluding carboxylic acids is 2.